The zero-order valence-corrected chi connectivity index (χ0v) is 16.8. The second-order valence-electron chi connectivity index (χ2n) is 8.25. The molecule has 2 atom stereocenters. The summed E-state index contributed by atoms with van der Waals surface area (Å²) in [6, 6.07) is 15.3. The first-order chi connectivity index (χ1) is 13.8. The van der Waals surface area contributed by atoms with Gasteiger partial charge in [-0.05, 0) is 41.0 Å². The molecule has 0 unspecified atom stereocenters. The maximum atomic E-state index is 12.4. The molecular weight excluding hydrogens is 368 g/mol. The van der Waals surface area contributed by atoms with Crippen molar-refractivity contribution < 1.29 is 19.4 Å². The number of hydrogen-bond donors (Lipinski definition) is 1. The van der Waals surface area contributed by atoms with Crippen molar-refractivity contribution in [2.75, 3.05) is 6.61 Å². The molecule has 0 saturated heterocycles. The van der Waals surface area contributed by atoms with Gasteiger partial charge in [0.1, 0.15) is 12.4 Å². The number of aliphatic carboxylic acids is 1. The number of carbonyl (C=O) groups is 2. The van der Waals surface area contributed by atoms with Crippen molar-refractivity contribution >= 4 is 18.1 Å². The minimum Gasteiger partial charge on any atom is -0.546 e. The molecule has 1 saturated carbocycles. The first kappa shape index (κ1) is 20.6. The Morgan fingerprint density at radius 3 is 2.52 bits per heavy atom. The third-order valence-electron chi connectivity index (χ3n) is 4.97. The highest BCUT2D eigenvalue weighted by atomic mass is 16.5. The van der Waals surface area contributed by atoms with Crippen LogP contribution in [0.4, 0.5) is 0 Å². The van der Waals surface area contributed by atoms with Crippen molar-refractivity contribution in [3.8, 4) is 5.75 Å². The largest absolute Gasteiger partial charge is 0.546 e. The molecule has 0 bridgehead atoms. The predicted octanol–water partition coefficient (Wildman–Crippen LogP) is 2.37. The van der Waals surface area contributed by atoms with Crippen molar-refractivity contribution in [3.05, 3.63) is 65.2 Å². The minimum absolute atomic E-state index is 0.0859. The van der Waals surface area contributed by atoms with Gasteiger partial charge in [-0.25, -0.2) is 5.43 Å². The lowest BCUT2D eigenvalue weighted by atomic mass is 9.86. The van der Waals surface area contributed by atoms with E-state index in [-0.39, 0.29) is 23.2 Å². The van der Waals surface area contributed by atoms with Crippen molar-refractivity contribution in [1.29, 1.82) is 0 Å². The molecule has 1 aliphatic rings. The zero-order valence-electron chi connectivity index (χ0n) is 16.8. The number of hydrogen-bond acceptors (Lipinski definition) is 5. The highest BCUT2D eigenvalue weighted by Gasteiger charge is 2.44. The van der Waals surface area contributed by atoms with Crippen LogP contribution in [0.15, 0.2) is 53.6 Å². The molecule has 0 aromatic heterocycles. The van der Waals surface area contributed by atoms with Gasteiger partial charge in [-0.3, -0.25) is 4.79 Å². The number of ether oxygens (including phenoxy) is 1. The number of amides is 1. The number of nitrogens with one attached hydrogen (secondary N) is 1. The van der Waals surface area contributed by atoms with E-state index in [2.05, 4.69) is 55.6 Å². The number of benzene rings is 2. The normalized spacial score (nSPS) is 18.4. The lowest BCUT2D eigenvalue weighted by Gasteiger charge is -2.19. The minimum atomic E-state index is -1.31. The topological polar surface area (TPSA) is 90.8 Å². The van der Waals surface area contributed by atoms with Gasteiger partial charge in [-0.15, -0.1) is 0 Å². The van der Waals surface area contributed by atoms with Gasteiger partial charge in [0.05, 0.1) is 12.2 Å². The van der Waals surface area contributed by atoms with Crippen LogP contribution in [0.2, 0.25) is 0 Å². The van der Waals surface area contributed by atoms with Crippen LogP contribution in [0.25, 0.3) is 0 Å². The average Bonchev–Trinajstić information content (AvgIpc) is 3.47. The summed E-state index contributed by atoms with van der Waals surface area (Å²) in [6.07, 6.45) is 2.25. The van der Waals surface area contributed by atoms with Gasteiger partial charge in [0.2, 0.25) is 5.91 Å². The Labute approximate surface area is 170 Å². The quantitative estimate of drug-likeness (QED) is 0.578. The maximum absolute atomic E-state index is 12.4. The molecule has 1 amide bonds. The number of carboxylic acid groups (broad SMARTS) is 1. The molecule has 0 heterocycles. The van der Waals surface area contributed by atoms with Crippen LogP contribution >= 0.6 is 0 Å². The fraction of sp³-hybridized carbons (Fsp3) is 0.348. The lowest BCUT2D eigenvalue weighted by molar-refractivity contribution is -0.307. The van der Waals surface area contributed by atoms with E-state index < -0.39 is 12.6 Å². The molecule has 1 N–H and O–H groups in total. The first-order valence-electron chi connectivity index (χ1n) is 9.61. The standard InChI is InChI=1S/C23H26N2O4/c1-23(2,3)17-10-8-15(9-11-17)18-12-19(18)22(28)25-24-13-16-6-4-5-7-20(16)29-14-21(26)27/h4-11,13,18-19H,12,14H2,1-3H3,(H,25,28)(H,26,27)/p-1/b24-13-/t18-,19+/m1/s1. The third kappa shape index (κ3) is 5.44. The van der Waals surface area contributed by atoms with Crippen LogP contribution in [0.5, 0.6) is 5.75 Å². The summed E-state index contributed by atoms with van der Waals surface area (Å²) in [7, 11) is 0. The van der Waals surface area contributed by atoms with Crippen molar-refractivity contribution in [2.45, 2.75) is 38.5 Å². The van der Waals surface area contributed by atoms with Gasteiger partial charge in [0.25, 0.3) is 0 Å². The molecule has 6 nitrogen and oxygen atoms in total. The summed E-state index contributed by atoms with van der Waals surface area (Å²) in [5.41, 5.74) is 5.68. The smallest absolute Gasteiger partial charge is 0.243 e. The molecule has 1 fully saturated rings. The Morgan fingerprint density at radius 2 is 1.86 bits per heavy atom. The van der Waals surface area contributed by atoms with Crippen molar-refractivity contribution in [3.63, 3.8) is 0 Å². The second kappa shape index (κ2) is 8.47. The van der Waals surface area contributed by atoms with E-state index in [9.17, 15) is 14.7 Å². The number of carboxylic acids is 1. The average molecular weight is 393 g/mol. The van der Waals surface area contributed by atoms with Crippen molar-refractivity contribution in [2.24, 2.45) is 11.0 Å². The monoisotopic (exact) mass is 393 g/mol. The second-order valence-corrected chi connectivity index (χ2v) is 8.25. The fourth-order valence-electron chi connectivity index (χ4n) is 3.19. The Kier molecular flexibility index (Phi) is 6.01. The fourth-order valence-corrected chi connectivity index (χ4v) is 3.19. The molecule has 29 heavy (non-hydrogen) atoms. The predicted molar refractivity (Wildman–Crippen MR) is 109 cm³/mol. The molecule has 0 aliphatic heterocycles. The Hall–Kier alpha value is -3.15. The summed E-state index contributed by atoms with van der Waals surface area (Å²) in [5, 5.41) is 14.6. The Balaban J connectivity index is 1.55. The molecule has 0 radical (unpaired) electrons. The third-order valence-corrected chi connectivity index (χ3v) is 4.97. The highest BCUT2D eigenvalue weighted by molar-refractivity contribution is 5.87. The van der Waals surface area contributed by atoms with Crippen LogP contribution in [-0.4, -0.2) is 24.7 Å². The van der Waals surface area contributed by atoms with Gasteiger partial charge < -0.3 is 14.6 Å². The van der Waals surface area contributed by atoms with Gasteiger partial charge in [-0.2, -0.15) is 5.10 Å². The van der Waals surface area contributed by atoms with E-state index in [1.807, 2.05) is 0 Å². The molecule has 152 valence electrons. The Morgan fingerprint density at radius 1 is 1.17 bits per heavy atom. The summed E-state index contributed by atoms with van der Waals surface area (Å²) >= 11 is 0. The number of carbonyl (C=O) groups excluding carboxylic acids is 2. The molecule has 0 spiro atoms. The number of nitrogens with zero attached hydrogens (tertiary/aromatic N) is 1. The molecule has 1 aliphatic carbocycles. The molecule has 6 heteroatoms. The number of para-hydroxylation sites is 1. The van der Waals surface area contributed by atoms with Gasteiger partial charge >= 0.3 is 0 Å². The van der Waals surface area contributed by atoms with E-state index in [0.29, 0.717) is 11.3 Å². The van der Waals surface area contributed by atoms with Gasteiger partial charge in [0.15, 0.2) is 0 Å². The lowest BCUT2D eigenvalue weighted by Crippen LogP contribution is -2.29. The molecule has 2 aromatic carbocycles. The maximum Gasteiger partial charge on any atom is 0.243 e. The zero-order chi connectivity index (χ0) is 21.0. The van der Waals surface area contributed by atoms with Crippen LogP contribution in [-0.2, 0) is 15.0 Å². The van der Waals surface area contributed by atoms with Gasteiger partial charge in [0, 0.05) is 11.5 Å². The summed E-state index contributed by atoms with van der Waals surface area (Å²) in [5.74, 6) is -0.937. The summed E-state index contributed by atoms with van der Waals surface area (Å²) in [4.78, 5) is 22.9. The van der Waals surface area contributed by atoms with E-state index in [1.165, 1.54) is 17.3 Å². The van der Waals surface area contributed by atoms with Crippen molar-refractivity contribution in [1.82, 2.24) is 5.43 Å². The summed E-state index contributed by atoms with van der Waals surface area (Å²) < 4.78 is 5.16. The Bertz CT molecular complexity index is 913. The van der Waals surface area contributed by atoms with Crippen LogP contribution in [0.1, 0.15) is 49.8 Å². The van der Waals surface area contributed by atoms with Crippen LogP contribution in [0, 0.1) is 5.92 Å². The SMILES string of the molecule is CC(C)(C)c1ccc([C@H]2C[C@@H]2C(=O)N/N=C\c2ccccc2OCC(=O)[O-])cc1. The molecule has 3 rings (SSSR count). The molecule has 2 aromatic rings. The van der Waals surface area contributed by atoms with Crippen LogP contribution < -0.4 is 15.3 Å². The number of hydrazone groups is 1. The van der Waals surface area contributed by atoms with E-state index in [0.717, 1.165) is 6.42 Å². The van der Waals surface area contributed by atoms with E-state index >= 15 is 0 Å². The summed E-state index contributed by atoms with van der Waals surface area (Å²) in [6.45, 7) is 5.98. The van der Waals surface area contributed by atoms with Gasteiger partial charge in [-0.1, -0.05) is 57.2 Å². The molecular formula is C23H25N2O4-. The van der Waals surface area contributed by atoms with E-state index in [4.69, 9.17) is 4.74 Å². The highest BCUT2D eigenvalue weighted by Crippen LogP contribution is 2.47. The van der Waals surface area contributed by atoms with E-state index in [1.54, 1.807) is 24.3 Å². The van der Waals surface area contributed by atoms with Crippen LogP contribution in [0.3, 0.4) is 0 Å². The first-order valence-corrected chi connectivity index (χ1v) is 9.61. The number of rotatable bonds is 7.